The lowest BCUT2D eigenvalue weighted by molar-refractivity contribution is -0.140. The fourth-order valence-corrected chi connectivity index (χ4v) is 5.01. The SMILES string of the molecule is COC(=O)CCCCNC(=O)c1cc2c(n(CC3CCCCC3)c1=O)CCCCCC2. The first kappa shape index (κ1) is 23.6. The molecule has 1 aromatic heterocycles. The number of esters is 1. The fraction of sp³-hybridized carbons (Fsp3) is 0.720. The number of fused-ring (bicyclic) bond motifs is 1. The molecule has 2 aliphatic carbocycles. The van der Waals surface area contributed by atoms with Crippen molar-refractivity contribution in [1.82, 2.24) is 9.88 Å². The van der Waals surface area contributed by atoms with E-state index in [1.165, 1.54) is 63.3 Å². The third-order valence-corrected chi connectivity index (χ3v) is 6.83. The normalized spacial score (nSPS) is 17.3. The molecule has 0 bridgehead atoms. The second-order valence-corrected chi connectivity index (χ2v) is 9.15. The van der Waals surface area contributed by atoms with Gasteiger partial charge in [-0.1, -0.05) is 32.1 Å². The van der Waals surface area contributed by atoms with E-state index in [9.17, 15) is 14.4 Å². The number of aryl methyl sites for hydroxylation is 1. The van der Waals surface area contributed by atoms with E-state index < -0.39 is 0 Å². The van der Waals surface area contributed by atoms with Gasteiger partial charge in [-0.25, -0.2) is 0 Å². The summed E-state index contributed by atoms with van der Waals surface area (Å²) in [7, 11) is 1.38. The topological polar surface area (TPSA) is 77.4 Å². The van der Waals surface area contributed by atoms with E-state index in [0.29, 0.717) is 31.7 Å². The number of rotatable bonds is 8. The summed E-state index contributed by atoms with van der Waals surface area (Å²) in [5.74, 6) is 0.0153. The molecule has 31 heavy (non-hydrogen) atoms. The van der Waals surface area contributed by atoms with Gasteiger partial charge in [0.05, 0.1) is 7.11 Å². The van der Waals surface area contributed by atoms with Gasteiger partial charge in [0.2, 0.25) is 0 Å². The number of hydrogen-bond donors (Lipinski definition) is 1. The second-order valence-electron chi connectivity index (χ2n) is 9.15. The molecular weight excluding hydrogens is 392 g/mol. The zero-order chi connectivity index (χ0) is 22.1. The Hall–Kier alpha value is -2.11. The Labute approximate surface area is 185 Å². The van der Waals surface area contributed by atoms with Crippen LogP contribution in [0.25, 0.3) is 0 Å². The van der Waals surface area contributed by atoms with Crippen molar-refractivity contribution in [2.45, 2.75) is 96.4 Å². The Bertz CT molecular complexity index is 808. The van der Waals surface area contributed by atoms with Gasteiger partial charge >= 0.3 is 5.97 Å². The second kappa shape index (κ2) is 12.1. The van der Waals surface area contributed by atoms with Crippen LogP contribution in [0.5, 0.6) is 0 Å². The average molecular weight is 431 g/mol. The van der Waals surface area contributed by atoms with E-state index >= 15 is 0 Å². The predicted molar refractivity (Wildman–Crippen MR) is 121 cm³/mol. The summed E-state index contributed by atoms with van der Waals surface area (Å²) in [5.41, 5.74) is 2.51. The van der Waals surface area contributed by atoms with Crippen LogP contribution in [0.3, 0.4) is 0 Å². The molecule has 1 heterocycles. The summed E-state index contributed by atoms with van der Waals surface area (Å²) in [5, 5.41) is 2.89. The van der Waals surface area contributed by atoms with Crippen molar-refractivity contribution >= 4 is 11.9 Å². The molecule has 172 valence electrons. The highest BCUT2D eigenvalue weighted by molar-refractivity contribution is 5.94. The number of methoxy groups -OCH3 is 1. The molecule has 3 rings (SSSR count). The van der Waals surface area contributed by atoms with Gasteiger partial charge in [0.1, 0.15) is 5.56 Å². The standard InChI is InChI=1S/C25H38N2O4/c1-31-23(28)15-9-10-16-26-24(29)21-17-20-13-7-2-3-8-14-22(20)27(25(21)30)18-19-11-5-4-6-12-19/h17,19H,2-16,18H2,1H3,(H,26,29). The molecule has 1 N–H and O–H groups in total. The summed E-state index contributed by atoms with van der Waals surface area (Å²) < 4.78 is 6.60. The van der Waals surface area contributed by atoms with Crippen LogP contribution >= 0.6 is 0 Å². The number of amides is 1. The van der Waals surface area contributed by atoms with E-state index in [4.69, 9.17) is 0 Å². The first-order valence-corrected chi connectivity index (χ1v) is 12.2. The van der Waals surface area contributed by atoms with Crippen LogP contribution < -0.4 is 10.9 Å². The Balaban J connectivity index is 1.76. The molecule has 0 unspecified atom stereocenters. The molecule has 6 heteroatoms. The molecule has 0 spiro atoms. The van der Waals surface area contributed by atoms with Crippen molar-refractivity contribution in [1.29, 1.82) is 0 Å². The Morgan fingerprint density at radius 1 is 1.03 bits per heavy atom. The maximum absolute atomic E-state index is 13.4. The summed E-state index contributed by atoms with van der Waals surface area (Å²) in [6.45, 7) is 1.20. The van der Waals surface area contributed by atoms with Gasteiger partial charge in [-0.2, -0.15) is 0 Å². The van der Waals surface area contributed by atoms with Crippen molar-refractivity contribution < 1.29 is 14.3 Å². The number of pyridine rings is 1. The van der Waals surface area contributed by atoms with E-state index in [-0.39, 0.29) is 23.0 Å². The lowest BCUT2D eigenvalue weighted by Crippen LogP contribution is -2.37. The summed E-state index contributed by atoms with van der Waals surface area (Å²) in [6, 6.07) is 1.87. The molecule has 0 aliphatic heterocycles. The van der Waals surface area contributed by atoms with Crippen molar-refractivity contribution in [3.63, 3.8) is 0 Å². The maximum atomic E-state index is 13.4. The molecular formula is C25H38N2O4. The number of carbonyl (C=O) groups is 2. The predicted octanol–water partition coefficient (Wildman–Crippen LogP) is 4.16. The minimum Gasteiger partial charge on any atom is -0.469 e. The van der Waals surface area contributed by atoms with Gasteiger partial charge < -0.3 is 14.6 Å². The molecule has 6 nitrogen and oxygen atoms in total. The van der Waals surface area contributed by atoms with Crippen molar-refractivity contribution in [2.75, 3.05) is 13.7 Å². The van der Waals surface area contributed by atoms with Crippen molar-refractivity contribution in [3.05, 3.63) is 33.2 Å². The zero-order valence-corrected chi connectivity index (χ0v) is 19.0. The third-order valence-electron chi connectivity index (χ3n) is 6.83. The van der Waals surface area contributed by atoms with Crippen LogP contribution in [-0.2, 0) is 28.9 Å². The van der Waals surface area contributed by atoms with Crippen LogP contribution in [0, 0.1) is 5.92 Å². The molecule has 2 aliphatic rings. The van der Waals surface area contributed by atoms with Gasteiger partial charge in [0.25, 0.3) is 11.5 Å². The summed E-state index contributed by atoms with van der Waals surface area (Å²) in [4.78, 5) is 37.5. The molecule has 1 fully saturated rings. The van der Waals surface area contributed by atoms with Crippen LogP contribution in [0.1, 0.15) is 98.7 Å². The van der Waals surface area contributed by atoms with Crippen LogP contribution in [-0.4, -0.2) is 30.1 Å². The highest BCUT2D eigenvalue weighted by atomic mass is 16.5. The van der Waals surface area contributed by atoms with E-state index in [1.807, 2.05) is 10.6 Å². The first-order valence-electron chi connectivity index (χ1n) is 12.2. The lowest BCUT2D eigenvalue weighted by Gasteiger charge is -2.26. The number of nitrogens with one attached hydrogen (secondary N) is 1. The summed E-state index contributed by atoms with van der Waals surface area (Å²) in [6.07, 6.45) is 14.4. The quantitative estimate of drug-likeness (QED) is 0.496. The highest BCUT2D eigenvalue weighted by Gasteiger charge is 2.23. The molecule has 0 radical (unpaired) electrons. The fourth-order valence-electron chi connectivity index (χ4n) is 5.01. The molecule has 1 saturated carbocycles. The first-order chi connectivity index (χ1) is 15.1. The number of aromatic nitrogens is 1. The minimum atomic E-state index is -0.287. The minimum absolute atomic E-state index is 0.128. The van der Waals surface area contributed by atoms with E-state index in [2.05, 4.69) is 10.1 Å². The third kappa shape index (κ3) is 6.68. The van der Waals surface area contributed by atoms with Gasteiger partial charge in [-0.05, 0) is 68.9 Å². The maximum Gasteiger partial charge on any atom is 0.305 e. The molecule has 1 aromatic rings. The van der Waals surface area contributed by atoms with Crippen molar-refractivity contribution in [2.24, 2.45) is 5.92 Å². The van der Waals surface area contributed by atoms with Gasteiger partial charge in [-0.3, -0.25) is 14.4 Å². The van der Waals surface area contributed by atoms with Crippen molar-refractivity contribution in [3.8, 4) is 0 Å². The number of hydrogen-bond acceptors (Lipinski definition) is 4. The van der Waals surface area contributed by atoms with Gasteiger partial charge in [-0.15, -0.1) is 0 Å². The number of unbranched alkanes of at least 4 members (excludes halogenated alkanes) is 1. The van der Waals surface area contributed by atoms with Crippen LogP contribution in [0.15, 0.2) is 10.9 Å². The Kier molecular flexibility index (Phi) is 9.16. The van der Waals surface area contributed by atoms with E-state index in [0.717, 1.165) is 32.2 Å². The van der Waals surface area contributed by atoms with Gasteiger partial charge in [0, 0.05) is 25.2 Å². The van der Waals surface area contributed by atoms with Crippen LogP contribution in [0.4, 0.5) is 0 Å². The number of carbonyl (C=O) groups excluding carboxylic acids is 2. The average Bonchev–Trinajstić information content (AvgIpc) is 2.76. The summed E-state index contributed by atoms with van der Waals surface area (Å²) >= 11 is 0. The number of nitrogens with zero attached hydrogens (tertiary/aromatic N) is 1. The molecule has 0 aromatic carbocycles. The van der Waals surface area contributed by atoms with Gasteiger partial charge in [0.15, 0.2) is 0 Å². The van der Waals surface area contributed by atoms with E-state index in [1.54, 1.807) is 0 Å². The zero-order valence-electron chi connectivity index (χ0n) is 19.0. The van der Waals surface area contributed by atoms with Crippen LogP contribution in [0.2, 0.25) is 0 Å². The molecule has 0 saturated heterocycles. The Morgan fingerprint density at radius 2 is 1.74 bits per heavy atom. The highest BCUT2D eigenvalue weighted by Crippen LogP contribution is 2.27. The monoisotopic (exact) mass is 430 g/mol. The Morgan fingerprint density at radius 3 is 2.48 bits per heavy atom. The molecule has 0 atom stereocenters. The smallest absolute Gasteiger partial charge is 0.305 e. The number of ether oxygens (including phenoxy) is 1. The molecule has 1 amide bonds. The largest absolute Gasteiger partial charge is 0.469 e. The lowest BCUT2D eigenvalue weighted by atomic mass is 9.88.